The molecule has 2 aromatic carbocycles. The minimum atomic E-state index is 0. The van der Waals surface area contributed by atoms with Gasteiger partial charge in [0.05, 0.1) is 14.2 Å². The van der Waals surface area contributed by atoms with Crippen LogP contribution in [0.3, 0.4) is 0 Å². The Morgan fingerprint density at radius 3 is 2.25 bits per heavy atom. The van der Waals surface area contributed by atoms with Crippen molar-refractivity contribution in [3.8, 4) is 11.5 Å². The second-order valence-electron chi connectivity index (χ2n) is 5.70. The Labute approximate surface area is 149 Å². The topological polar surface area (TPSA) is 22.3 Å². The van der Waals surface area contributed by atoms with Crippen LogP contribution in [0.1, 0.15) is 11.1 Å². The third-order valence-corrected chi connectivity index (χ3v) is 4.24. The molecular weight excluding hydrogens is 322 g/mol. The maximum absolute atomic E-state index is 5.39. The van der Waals surface area contributed by atoms with Crippen molar-refractivity contribution in [3.05, 3.63) is 66.0 Å². The predicted octanol–water partition coefficient (Wildman–Crippen LogP) is 0.700. The van der Waals surface area contributed by atoms with Crippen molar-refractivity contribution < 1.29 is 26.4 Å². The van der Waals surface area contributed by atoms with Gasteiger partial charge in [0.2, 0.25) is 0 Å². The number of fused-ring (bicyclic) bond motifs is 1. The number of rotatable bonds is 5. The molecule has 0 saturated heterocycles. The molecule has 0 aliphatic heterocycles. The van der Waals surface area contributed by atoms with Crippen LogP contribution in [0.5, 0.6) is 11.5 Å². The van der Waals surface area contributed by atoms with Crippen molar-refractivity contribution >= 4 is 10.8 Å². The molecule has 0 unspecified atom stereocenters. The van der Waals surface area contributed by atoms with E-state index in [4.69, 9.17) is 9.47 Å². The quantitative estimate of drug-likeness (QED) is 0.636. The number of methoxy groups -OCH3 is 2. The Bertz CT molecular complexity index is 833. The lowest BCUT2D eigenvalue weighted by Crippen LogP contribution is -3.00. The van der Waals surface area contributed by atoms with Crippen LogP contribution >= 0.6 is 0 Å². The smallest absolute Gasteiger partial charge is 0.176 e. The SMILES string of the molecule is COc1cc2cc[n+](CCc3ccccc3C)cc2cc1OC.[Cl-]. The highest BCUT2D eigenvalue weighted by molar-refractivity contribution is 5.84. The fourth-order valence-corrected chi connectivity index (χ4v) is 2.84. The fraction of sp³-hybridized carbons (Fsp3) is 0.250. The molecule has 126 valence electrons. The second-order valence-corrected chi connectivity index (χ2v) is 5.70. The molecule has 1 heterocycles. The first-order valence-electron chi connectivity index (χ1n) is 7.80. The van der Waals surface area contributed by atoms with Gasteiger partial charge in [0.1, 0.15) is 0 Å². The molecule has 0 bridgehead atoms. The molecular formula is C20H22ClNO2. The molecule has 0 N–H and O–H groups in total. The number of pyridine rings is 1. The lowest BCUT2D eigenvalue weighted by atomic mass is 10.1. The van der Waals surface area contributed by atoms with E-state index in [-0.39, 0.29) is 12.4 Å². The maximum atomic E-state index is 5.39. The number of ether oxygens (including phenoxy) is 2. The van der Waals surface area contributed by atoms with Gasteiger partial charge in [0.25, 0.3) is 0 Å². The van der Waals surface area contributed by atoms with Crippen molar-refractivity contribution in [3.63, 3.8) is 0 Å². The summed E-state index contributed by atoms with van der Waals surface area (Å²) in [5.74, 6) is 1.52. The van der Waals surface area contributed by atoms with Crippen molar-refractivity contribution in [2.45, 2.75) is 19.9 Å². The number of halogens is 1. The molecule has 0 radical (unpaired) electrons. The summed E-state index contributed by atoms with van der Waals surface area (Å²) in [5, 5.41) is 2.30. The van der Waals surface area contributed by atoms with Crippen LogP contribution in [0.2, 0.25) is 0 Å². The first kappa shape index (κ1) is 18.1. The minimum absolute atomic E-state index is 0. The highest BCUT2D eigenvalue weighted by atomic mass is 35.5. The molecule has 3 rings (SSSR count). The molecule has 4 heteroatoms. The number of aromatic nitrogens is 1. The lowest BCUT2D eigenvalue weighted by molar-refractivity contribution is -0.695. The van der Waals surface area contributed by atoms with Gasteiger partial charge in [-0.1, -0.05) is 24.3 Å². The molecule has 0 fully saturated rings. The second kappa shape index (κ2) is 8.02. The maximum Gasteiger partial charge on any atom is 0.176 e. The first-order valence-corrected chi connectivity index (χ1v) is 7.80. The van der Waals surface area contributed by atoms with Gasteiger partial charge in [-0.05, 0) is 35.6 Å². The lowest BCUT2D eigenvalue weighted by Gasteiger charge is -2.08. The Morgan fingerprint density at radius 2 is 1.58 bits per heavy atom. The van der Waals surface area contributed by atoms with E-state index >= 15 is 0 Å². The van der Waals surface area contributed by atoms with E-state index < -0.39 is 0 Å². The van der Waals surface area contributed by atoms with Gasteiger partial charge in [-0.15, -0.1) is 0 Å². The monoisotopic (exact) mass is 343 g/mol. The molecule has 0 atom stereocenters. The van der Waals surface area contributed by atoms with Gasteiger partial charge in [-0.3, -0.25) is 0 Å². The van der Waals surface area contributed by atoms with E-state index in [1.807, 2.05) is 12.1 Å². The predicted molar refractivity (Wildman–Crippen MR) is 92.1 cm³/mol. The van der Waals surface area contributed by atoms with Crippen LogP contribution in [0.15, 0.2) is 54.9 Å². The van der Waals surface area contributed by atoms with Gasteiger partial charge < -0.3 is 21.9 Å². The molecule has 0 saturated carbocycles. The molecule has 0 amide bonds. The van der Waals surface area contributed by atoms with Crippen LogP contribution in [0, 0.1) is 6.92 Å². The zero-order valence-electron chi connectivity index (χ0n) is 14.3. The number of hydrogen-bond acceptors (Lipinski definition) is 2. The van der Waals surface area contributed by atoms with Gasteiger partial charge in [-0.2, -0.15) is 0 Å². The van der Waals surface area contributed by atoms with Crippen LogP contribution in [-0.4, -0.2) is 14.2 Å². The highest BCUT2D eigenvalue weighted by Gasteiger charge is 2.10. The summed E-state index contributed by atoms with van der Waals surface area (Å²) >= 11 is 0. The average Bonchev–Trinajstić information content (AvgIpc) is 2.59. The van der Waals surface area contributed by atoms with E-state index in [0.717, 1.165) is 35.2 Å². The normalized spacial score (nSPS) is 10.3. The molecule has 0 spiro atoms. The van der Waals surface area contributed by atoms with Crippen molar-refractivity contribution in [2.75, 3.05) is 14.2 Å². The summed E-state index contributed by atoms with van der Waals surface area (Å²) in [6.07, 6.45) is 5.30. The van der Waals surface area contributed by atoms with Gasteiger partial charge in [0, 0.05) is 17.9 Å². The first-order chi connectivity index (χ1) is 11.2. The number of nitrogens with zero attached hydrogens (tertiary/aromatic N) is 1. The number of benzene rings is 2. The summed E-state index contributed by atoms with van der Waals surface area (Å²) in [6.45, 7) is 3.12. The molecule has 0 aliphatic carbocycles. The Hall–Kier alpha value is -2.26. The van der Waals surface area contributed by atoms with Gasteiger partial charge >= 0.3 is 0 Å². The van der Waals surface area contributed by atoms with Crippen molar-refractivity contribution in [2.24, 2.45) is 0 Å². The zero-order chi connectivity index (χ0) is 16.2. The third-order valence-electron chi connectivity index (χ3n) is 4.24. The summed E-state index contributed by atoms with van der Waals surface area (Å²) < 4.78 is 13.0. The molecule has 1 aromatic heterocycles. The average molecular weight is 344 g/mol. The van der Waals surface area contributed by atoms with E-state index in [1.54, 1.807) is 14.2 Å². The molecule has 3 nitrogen and oxygen atoms in total. The number of aryl methyl sites for hydroxylation is 3. The largest absolute Gasteiger partial charge is 1.00 e. The van der Waals surface area contributed by atoms with E-state index in [9.17, 15) is 0 Å². The minimum Gasteiger partial charge on any atom is -1.00 e. The number of hydrogen-bond donors (Lipinski definition) is 0. The molecule has 0 aliphatic rings. The summed E-state index contributed by atoms with van der Waals surface area (Å²) in [4.78, 5) is 0. The Morgan fingerprint density at radius 1 is 0.917 bits per heavy atom. The van der Waals surface area contributed by atoms with Crippen LogP contribution in [-0.2, 0) is 13.0 Å². The van der Waals surface area contributed by atoms with Gasteiger partial charge in [0.15, 0.2) is 30.4 Å². The Balaban J connectivity index is 0.00000208. The van der Waals surface area contributed by atoms with Crippen LogP contribution in [0.25, 0.3) is 10.8 Å². The van der Waals surface area contributed by atoms with E-state index in [2.05, 4.69) is 54.2 Å². The molecule has 3 aromatic rings. The molecule has 24 heavy (non-hydrogen) atoms. The highest BCUT2D eigenvalue weighted by Crippen LogP contribution is 2.31. The van der Waals surface area contributed by atoms with Gasteiger partial charge in [-0.25, -0.2) is 4.57 Å². The van der Waals surface area contributed by atoms with Crippen molar-refractivity contribution in [1.82, 2.24) is 0 Å². The Kier molecular flexibility index (Phi) is 6.04. The standard InChI is InChI=1S/C20H22NO2.ClH/c1-15-6-4-5-7-16(15)8-10-21-11-9-17-12-19(22-2)20(23-3)13-18(17)14-21;/h4-7,9,11-14H,8,10H2,1-3H3;1H/q+1;/p-1. The van der Waals surface area contributed by atoms with Crippen LogP contribution < -0.4 is 26.4 Å². The summed E-state index contributed by atoms with van der Waals surface area (Å²) in [6, 6.07) is 14.7. The summed E-state index contributed by atoms with van der Waals surface area (Å²) in [7, 11) is 3.33. The zero-order valence-corrected chi connectivity index (χ0v) is 15.0. The fourth-order valence-electron chi connectivity index (χ4n) is 2.84. The third kappa shape index (κ3) is 3.80. The van der Waals surface area contributed by atoms with Crippen LogP contribution in [0.4, 0.5) is 0 Å². The van der Waals surface area contributed by atoms with Crippen molar-refractivity contribution in [1.29, 1.82) is 0 Å². The van der Waals surface area contributed by atoms with E-state index in [1.165, 1.54) is 11.1 Å². The summed E-state index contributed by atoms with van der Waals surface area (Å²) in [5.41, 5.74) is 2.74. The van der Waals surface area contributed by atoms with E-state index in [0.29, 0.717) is 0 Å².